The second-order valence-electron chi connectivity index (χ2n) is 6.28. The van der Waals surface area contributed by atoms with Gasteiger partial charge in [0.15, 0.2) is 0 Å². The summed E-state index contributed by atoms with van der Waals surface area (Å²) in [7, 11) is 0. The lowest BCUT2D eigenvalue weighted by molar-refractivity contribution is 0.0189. The van der Waals surface area contributed by atoms with Gasteiger partial charge in [0, 0.05) is 31.1 Å². The van der Waals surface area contributed by atoms with E-state index in [0.29, 0.717) is 26.2 Å². The fourth-order valence-electron chi connectivity index (χ4n) is 2.07. The summed E-state index contributed by atoms with van der Waals surface area (Å²) in [5, 5.41) is 0. The molecule has 1 fully saturated rings. The first-order chi connectivity index (χ1) is 10.7. The molecular weight excluding hydrogens is 335 g/mol. The fourth-order valence-corrected chi connectivity index (χ4v) is 3.32. The lowest BCUT2D eigenvalue weighted by atomic mass is 10.2. The molecule has 1 aromatic carbocycles. The first kappa shape index (κ1) is 18.0. The summed E-state index contributed by atoms with van der Waals surface area (Å²) < 4.78 is 19.0. The van der Waals surface area contributed by atoms with Gasteiger partial charge in [0.2, 0.25) is 0 Å². The number of ether oxygens (including phenoxy) is 1. The molecule has 126 valence electrons. The summed E-state index contributed by atoms with van der Waals surface area (Å²) in [6.07, 6.45) is -0.283. The van der Waals surface area contributed by atoms with Crippen molar-refractivity contribution in [1.82, 2.24) is 9.80 Å². The van der Waals surface area contributed by atoms with Crippen molar-refractivity contribution < 1.29 is 13.9 Å². The summed E-state index contributed by atoms with van der Waals surface area (Å²) >= 11 is 6.88. The molecule has 0 N–H and O–H groups in total. The molecule has 0 aromatic heterocycles. The Morgan fingerprint density at radius 3 is 2.17 bits per heavy atom. The number of amides is 1. The van der Waals surface area contributed by atoms with E-state index < -0.39 is 5.60 Å². The van der Waals surface area contributed by atoms with E-state index in [9.17, 15) is 9.18 Å². The Hall–Kier alpha value is -1.34. The number of thioether (sulfide) groups is 1. The van der Waals surface area contributed by atoms with Crippen molar-refractivity contribution in [3.05, 3.63) is 30.1 Å². The average molecular weight is 356 g/mol. The van der Waals surface area contributed by atoms with E-state index in [1.165, 1.54) is 23.9 Å². The molecule has 7 heteroatoms. The predicted molar refractivity (Wildman–Crippen MR) is 94.2 cm³/mol. The smallest absolute Gasteiger partial charge is 0.410 e. The maximum atomic E-state index is 12.9. The van der Waals surface area contributed by atoms with E-state index in [2.05, 4.69) is 4.90 Å². The van der Waals surface area contributed by atoms with Crippen LogP contribution >= 0.6 is 24.0 Å². The molecule has 1 aromatic rings. The highest BCUT2D eigenvalue weighted by Crippen LogP contribution is 2.23. The maximum absolute atomic E-state index is 12.9. The molecule has 1 amide bonds. The number of thiocarbonyl (C=S) groups is 1. The van der Waals surface area contributed by atoms with Crippen molar-refractivity contribution >= 4 is 34.4 Å². The van der Waals surface area contributed by atoms with Gasteiger partial charge in [-0.3, -0.25) is 0 Å². The normalized spacial score (nSPS) is 15.5. The topological polar surface area (TPSA) is 32.8 Å². The molecular formula is C16H21FN2O2S2. The van der Waals surface area contributed by atoms with Gasteiger partial charge in [-0.25, -0.2) is 9.18 Å². The minimum absolute atomic E-state index is 0.258. The number of halogens is 1. The summed E-state index contributed by atoms with van der Waals surface area (Å²) in [6.45, 7) is 8.08. The number of hydrogen-bond acceptors (Lipinski definition) is 4. The molecule has 1 saturated heterocycles. The lowest BCUT2D eigenvalue weighted by Crippen LogP contribution is -2.50. The molecule has 0 bridgehead atoms. The van der Waals surface area contributed by atoms with Crippen molar-refractivity contribution in [3.8, 4) is 0 Å². The summed E-state index contributed by atoms with van der Waals surface area (Å²) in [5.74, 6) is -0.258. The molecule has 4 nitrogen and oxygen atoms in total. The predicted octanol–water partition coefficient (Wildman–Crippen LogP) is 3.76. The van der Waals surface area contributed by atoms with Gasteiger partial charge in [-0.15, -0.1) is 0 Å². The molecule has 2 rings (SSSR count). The van der Waals surface area contributed by atoms with Gasteiger partial charge in [0.1, 0.15) is 15.7 Å². The molecule has 1 aliphatic rings. The summed E-state index contributed by atoms with van der Waals surface area (Å²) in [4.78, 5) is 16.7. The zero-order valence-corrected chi connectivity index (χ0v) is 15.2. The first-order valence-corrected chi connectivity index (χ1v) is 8.67. The van der Waals surface area contributed by atoms with Crippen LogP contribution in [-0.2, 0) is 4.74 Å². The van der Waals surface area contributed by atoms with Crippen LogP contribution in [0, 0.1) is 5.82 Å². The molecule has 23 heavy (non-hydrogen) atoms. The monoisotopic (exact) mass is 356 g/mol. The van der Waals surface area contributed by atoms with Crippen LogP contribution in [0.4, 0.5) is 9.18 Å². The maximum Gasteiger partial charge on any atom is 0.410 e. The second-order valence-corrected chi connectivity index (χ2v) is 7.98. The van der Waals surface area contributed by atoms with Gasteiger partial charge in [0.05, 0.1) is 0 Å². The van der Waals surface area contributed by atoms with Crippen LogP contribution in [0.25, 0.3) is 0 Å². The summed E-state index contributed by atoms with van der Waals surface area (Å²) in [6, 6.07) is 6.27. The third kappa shape index (κ3) is 5.66. The van der Waals surface area contributed by atoms with Gasteiger partial charge in [-0.1, -0.05) is 24.0 Å². The number of hydrogen-bond donors (Lipinski definition) is 0. The molecule has 0 aliphatic carbocycles. The second kappa shape index (κ2) is 7.49. The van der Waals surface area contributed by atoms with E-state index >= 15 is 0 Å². The molecule has 0 atom stereocenters. The zero-order valence-electron chi connectivity index (χ0n) is 13.5. The number of carbonyl (C=O) groups excluding carboxylic acids is 1. The number of piperazine rings is 1. The third-order valence-corrected chi connectivity index (χ3v) is 4.66. The van der Waals surface area contributed by atoms with Crippen LogP contribution in [0.15, 0.2) is 29.2 Å². The Kier molecular flexibility index (Phi) is 5.86. The Balaban J connectivity index is 1.83. The molecule has 0 radical (unpaired) electrons. The van der Waals surface area contributed by atoms with Crippen LogP contribution in [-0.4, -0.2) is 52.0 Å². The van der Waals surface area contributed by atoms with Gasteiger partial charge in [-0.2, -0.15) is 0 Å². The van der Waals surface area contributed by atoms with Crippen LogP contribution in [0.2, 0.25) is 0 Å². The Bertz CT molecular complexity index is 564. The van der Waals surface area contributed by atoms with Crippen molar-refractivity contribution in [2.24, 2.45) is 0 Å². The first-order valence-electron chi connectivity index (χ1n) is 7.45. The minimum Gasteiger partial charge on any atom is -0.444 e. The van der Waals surface area contributed by atoms with Gasteiger partial charge in [-0.05, 0) is 45.0 Å². The number of benzene rings is 1. The van der Waals surface area contributed by atoms with E-state index in [4.69, 9.17) is 17.0 Å². The van der Waals surface area contributed by atoms with Gasteiger partial charge in [0.25, 0.3) is 0 Å². The Morgan fingerprint density at radius 2 is 1.65 bits per heavy atom. The minimum atomic E-state index is -0.484. The molecule has 1 aliphatic heterocycles. The third-order valence-electron chi connectivity index (χ3n) is 3.21. The zero-order chi connectivity index (χ0) is 17.0. The highest BCUT2D eigenvalue weighted by atomic mass is 32.2. The van der Waals surface area contributed by atoms with E-state index in [-0.39, 0.29) is 11.9 Å². The quantitative estimate of drug-likeness (QED) is 0.565. The average Bonchev–Trinajstić information content (AvgIpc) is 2.48. The van der Waals surface area contributed by atoms with Crippen molar-refractivity contribution in [2.45, 2.75) is 31.3 Å². The largest absolute Gasteiger partial charge is 0.444 e. The van der Waals surface area contributed by atoms with Gasteiger partial charge < -0.3 is 14.5 Å². The van der Waals surface area contributed by atoms with E-state index in [1.54, 1.807) is 17.0 Å². The van der Waals surface area contributed by atoms with Crippen molar-refractivity contribution in [2.75, 3.05) is 26.2 Å². The van der Waals surface area contributed by atoms with Crippen LogP contribution in [0.5, 0.6) is 0 Å². The molecule has 0 spiro atoms. The number of nitrogens with zero attached hydrogens (tertiary/aromatic N) is 2. The summed E-state index contributed by atoms with van der Waals surface area (Å²) in [5.41, 5.74) is -0.484. The highest BCUT2D eigenvalue weighted by Gasteiger charge is 2.26. The lowest BCUT2D eigenvalue weighted by Gasteiger charge is -2.36. The SMILES string of the molecule is CC(C)(C)OC(=O)N1CCN(C(=S)Sc2ccc(F)cc2)CC1. The van der Waals surface area contributed by atoms with E-state index in [0.717, 1.165) is 9.22 Å². The molecule has 0 unspecified atom stereocenters. The van der Waals surface area contributed by atoms with Crippen LogP contribution < -0.4 is 0 Å². The number of carbonyl (C=O) groups is 1. The standard InChI is InChI=1S/C16H21FN2O2S2/c1-16(2,3)21-14(20)18-8-10-19(11-9-18)15(22)23-13-6-4-12(17)5-7-13/h4-7H,8-11H2,1-3H3. The van der Waals surface area contributed by atoms with Gasteiger partial charge >= 0.3 is 6.09 Å². The van der Waals surface area contributed by atoms with Crippen molar-refractivity contribution in [1.29, 1.82) is 0 Å². The Labute approximate surface area is 146 Å². The fraction of sp³-hybridized carbons (Fsp3) is 0.500. The Morgan fingerprint density at radius 1 is 1.13 bits per heavy atom. The number of rotatable bonds is 1. The van der Waals surface area contributed by atoms with Crippen molar-refractivity contribution in [3.63, 3.8) is 0 Å². The molecule has 1 heterocycles. The van der Waals surface area contributed by atoms with Crippen LogP contribution in [0.1, 0.15) is 20.8 Å². The van der Waals surface area contributed by atoms with Crippen LogP contribution in [0.3, 0.4) is 0 Å². The highest BCUT2D eigenvalue weighted by molar-refractivity contribution is 8.22. The molecule has 0 saturated carbocycles. The van der Waals surface area contributed by atoms with E-state index in [1.807, 2.05) is 20.8 Å².